The van der Waals surface area contributed by atoms with Crippen molar-refractivity contribution in [2.24, 2.45) is 5.10 Å². The Morgan fingerprint density at radius 3 is 2.45 bits per heavy atom. The van der Waals surface area contributed by atoms with Gasteiger partial charge in [0.2, 0.25) is 0 Å². The van der Waals surface area contributed by atoms with E-state index in [0.717, 1.165) is 38.9 Å². The largest absolute Gasteiger partial charge is 0.482 e. The number of aryl methyl sites for hydroxylation is 2. The molecule has 0 bridgehead atoms. The molecular formula is C33H27Cl2N5O3S. The molecule has 1 aromatic heterocycles. The number of hydrogen-bond donors (Lipinski definition) is 3. The van der Waals surface area contributed by atoms with Gasteiger partial charge < -0.3 is 15.4 Å². The van der Waals surface area contributed by atoms with Crippen LogP contribution in [0.4, 0.5) is 16.5 Å². The van der Waals surface area contributed by atoms with Gasteiger partial charge in [-0.05, 0) is 85.6 Å². The number of nitrogens with one attached hydrogen (secondary N) is 3. The molecule has 0 atom stereocenters. The summed E-state index contributed by atoms with van der Waals surface area (Å²) in [5, 5.41) is 13.8. The molecule has 5 rings (SSSR count). The Balaban J connectivity index is 1.11. The first-order valence-electron chi connectivity index (χ1n) is 13.4. The average molecular weight is 645 g/mol. The number of benzene rings is 4. The van der Waals surface area contributed by atoms with Gasteiger partial charge in [0.15, 0.2) is 11.7 Å². The standard InChI is InChI=1S/C33H27Cl2N5O3S/c1-20-3-13-28(21(2)15-20)38-31(41)18-43-30-14-4-22(16-27(30)35)17-36-40-32(42)24-7-5-23(6-8-24)29-19-44-33(39-29)37-26-11-9-25(34)10-12-26/h3-17,19H,18H2,1-2H3,(H,37,39)(H,38,41)(H,40,42)/b36-17-. The van der Waals surface area contributed by atoms with E-state index in [9.17, 15) is 9.59 Å². The van der Waals surface area contributed by atoms with Crippen LogP contribution in [0.5, 0.6) is 5.75 Å². The number of rotatable bonds is 10. The van der Waals surface area contributed by atoms with E-state index in [-0.39, 0.29) is 18.4 Å². The zero-order valence-corrected chi connectivity index (χ0v) is 26.1. The maximum absolute atomic E-state index is 12.6. The summed E-state index contributed by atoms with van der Waals surface area (Å²) in [6.45, 7) is 3.73. The van der Waals surface area contributed by atoms with E-state index in [1.54, 1.807) is 30.3 Å². The Morgan fingerprint density at radius 1 is 0.955 bits per heavy atom. The molecule has 0 aliphatic heterocycles. The van der Waals surface area contributed by atoms with Gasteiger partial charge in [-0.1, -0.05) is 53.0 Å². The summed E-state index contributed by atoms with van der Waals surface area (Å²) in [6.07, 6.45) is 1.47. The lowest BCUT2D eigenvalue weighted by Gasteiger charge is -2.11. The number of halogens is 2. The highest BCUT2D eigenvalue weighted by molar-refractivity contribution is 7.14. The lowest BCUT2D eigenvalue weighted by atomic mass is 10.1. The van der Waals surface area contributed by atoms with E-state index in [1.807, 2.05) is 73.8 Å². The van der Waals surface area contributed by atoms with Gasteiger partial charge in [0, 0.05) is 32.9 Å². The minimum atomic E-state index is -0.364. The van der Waals surface area contributed by atoms with Gasteiger partial charge in [-0.15, -0.1) is 11.3 Å². The topological polar surface area (TPSA) is 105 Å². The van der Waals surface area contributed by atoms with Crippen LogP contribution in [0.15, 0.2) is 95.4 Å². The van der Waals surface area contributed by atoms with E-state index in [0.29, 0.717) is 26.9 Å². The van der Waals surface area contributed by atoms with Crippen LogP contribution in [0.1, 0.15) is 27.0 Å². The molecule has 11 heteroatoms. The molecule has 0 aliphatic rings. The van der Waals surface area contributed by atoms with Gasteiger partial charge in [0.05, 0.1) is 16.9 Å². The van der Waals surface area contributed by atoms with Gasteiger partial charge >= 0.3 is 0 Å². The summed E-state index contributed by atoms with van der Waals surface area (Å²) in [6, 6.07) is 25.3. The van der Waals surface area contributed by atoms with Crippen molar-refractivity contribution in [2.75, 3.05) is 17.2 Å². The fourth-order valence-corrected chi connectivity index (χ4v) is 5.25. The molecule has 0 spiro atoms. The molecule has 5 aromatic rings. The maximum atomic E-state index is 12.6. The number of hydrogen-bond acceptors (Lipinski definition) is 7. The van der Waals surface area contributed by atoms with E-state index >= 15 is 0 Å². The molecule has 222 valence electrons. The number of carbonyl (C=O) groups excluding carboxylic acids is 2. The lowest BCUT2D eigenvalue weighted by molar-refractivity contribution is -0.118. The third-order valence-electron chi connectivity index (χ3n) is 6.39. The highest BCUT2D eigenvalue weighted by Crippen LogP contribution is 2.28. The van der Waals surface area contributed by atoms with Crippen LogP contribution in [-0.2, 0) is 4.79 Å². The van der Waals surface area contributed by atoms with Crippen molar-refractivity contribution < 1.29 is 14.3 Å². The maximum Gasteiger partial charge on any atom is 0.271 e. The number of thiazole rings is 1. The van der Waals surface area contributed by atoms with Crippen LogP contribution >= 0.6 is 34.5 Å². The Hall–Kier alpha value is -4.70. The number of anilines is 3. The number of carbonyl (C=O) groups is 2. The number of nitrogens with zero attached hydrogens (tertiary/aromatic N) is 2. The molecule has 2 amide bonds. The fourth-order valence-electron chi connectivity index (χ4n) is 4.14. The van der Waals surface area contributed by atoms with Crippen molar-refractivity contribution in [3.05, 3.63) is 123 Å². The Kier molecular flexibility index (Phi) is 9.91. The smallest absolute Gasteiger partial charge is 0.271 e. The second-order valence-corrected chi connectivity index (χ2v) is 11.5. The molecule has 1 heterocycles. The van der Waals surface area contributed by atoms with Gasteiger partial charge in [0.25, 0.3) is 11.8 Å². The van der Waals surface area contributed by atoms with Crippen LogP contribution in [-0.4, -0.2) is 29.6 Å². The summed E-state index contributed by atoms with van der Waals surface area (Å²) >= 11 is 13.8. The summed E-state index contributed by atoms with van der Waals surface area (Å²) in [4.78, 5) is 29.6. The van der Waals surface area contributed by atoms with Crippen molar-refractivity contribution in [3.8, 4) is 17.0 Å². The van der Waals surface area contributed by atoms with Crippen molar-refractivity contribution >= 4 is 69.1 Å². The molecule has 4 aromatic carbocycles. The summed E-state index contributed by atoms with van der Waals surface area (Å²) in [5.41, 5.74) is 8.99. The predicted octanol–water partition coefficient (Wildman–Crippen LogP) is 8.26. The second-order valence-electron chi connectivity index (χ2n) is 9.79. The van der Waals surface area contributed by atoms with Gasteiger partial charge in [-0.25, -0.2) is 10.4 Å². The molecule has 0 aliphatic carbocycles. The van der Waals surface area contributed by atoms with Crippen LogP contribution in [0.3, 0.4) is 0 Å². The quantitative estimate of drug-likeness (QED) is 0.105. The fraction of sp³-hybridized carbons (Fsp3) is 0.0909. The van der Waals surface area contributed by atoms with Crippen molar-refractivity contribution in [1.82, 2.24) is 10.4 Å². The third-order valence-corrected chi connectivity index (χ3v) is 7.70. The molecule has 0 radical (unpaired) electrons. The monoisotopic (exact) mass is 643 g/mol. The number of amides is 2. The van der Waals surface area contributed by atoms with Gasteiger partial charge in [0.1, 0.15) is 5.75 Å². The van der Waals surface area contributed by atoms with Gasteiger partial charge in [-0.3, -0.25) is 9.59 Å². The second kappa shape index (κ2) is 14.2. The molecule has 0 saturated heterocycles. The van der Waals surface area contributed by atoms with Crippen molar-refractivity contribution in [3.63, 3.8) is 0 Å². The molecule has 3 N–H and O–H groups in total. The molecule has 0 saturated carbocycles. The van der Waals surface area contributed by atoms with E-state index in [2.05, 4.69) is 26.1 Å². The number of hydrazone groups is 1. The van der Waals surface area contributed by atoms with E-state index in [1.165, 1.54) is 17.6 Å². The van der Waals surface area contributed by atoms with Crippen LogP contribution < -0.4 is 20.8 Å². The lowest BCUT2D eigenvalue weighted by Crippen LogP contribution is -2.20. The summed E-state index contributed by atoms with van der Waals surface area (Å²) in [7, 11) is 0. The number of aromatic nitrogens is 1. The normalized spacial score (nSPS) is 10.9. The first kappa shape index (κ1) is 30.7. The Labute approximate surface area is 268 Å². The van der Waals surface area contributed by atoms with Gasteiger partial charge in [-0.2, -0.15) is 5.10 Å². The SMILES string of the molecule is Cc1ccc(NC(=O)COc2ccc(/C=N\NC(=O)c3ccc(-c4csc(Nc5ccc(Cl)cc5)n4)cc3)cc2Cl)c(C)c1. The van der Waals surface area contributed by atoms with Crippen LogP contribution in [0.2, 0.25) is 10.0 Å². The van der Waals surface area contributed by atoms with E-state index in [4.69, 9.17) is 27.9 Å². The molecule has 44 heavy (non-hydrogen) atoms. The van der Waals surface area contributed by atoms with Crippen LogP contribution in [0.25, 0.3) is 11.3 Å². The minimum absolute atomic E-state index is 0.195. The van der Waals surface area contributed by atoms with Crippen LogP contribution in [0, 0.1) is 13.8 Å². The zero-order chi connectivity index (χ0) is 31.1. The average Bonchev–Trinajstić information content (AvgIpc) is 3.48. The predicted molar refractivity (Wildman–Crippen MR) is 179 cm³/mol. The molecule has 0 fully saturated rings. The van der Waals surface area contributed by atoms with Crippen molar-refractivity contribution in [2.45, 2.75) is 13.8 Å². The summed E-state index contributed by atoms with van der Waals surface area (Å²) < 4.78 is 5.59. The minimum Gasteiger partial charge on any atom is -0.482 e. The first-order valence-corrected chi connectivity index (χ1v) is 15.1. The highest BCUT2D eigenvalue weighted by Gasteiger charge is 2.10. The first-order chi connectivity index (χ1) is 21.2. The third kappa shape index (κ3) is 8.23. The van der Waals surface area contributed by atoms with Crippen molar-refractivity contribution in [1.29, 1.82) is 0 Å². The highest BCUT2D eigenvalue weighted by atomic mass is 35.5. The Bertz CT molecular complexity index is 1820. The number of ether oxygens (including phenoxy) is 1. The Morgan fingerprint density at radius 2 is 1.73 bits per heavy atom. The molecule has 0 unspecified atom stereocenters. The molecule has 8 nitrogen and oxygen atoms in total. The summed E-state index contributed by atoms with van der Waals surface area (Å²) in [5.74, 6) is -0.300. The molecular weight excluding hydrogens is 617 g/mol. The van der Waals surface area contributed by atoms with E-state index < -0.39 is 0 Å². The zero-order valence-electron chi connectivity index (χ0n) is 23.7.